The van der Waals surface area contributed by atoms with E-state index in [-0.39, 0.29) is 22.7 Å². The number of aromatic amines is 1. The number of nitrogens with zero attached hydrogens (tertiary/aromatic N) is 2. The van der Waals surface area contributed by atoms with E-state index in [0.717, 1.165) is 0 Å². The zero-order valence-corrected chi connectivity index (χ0v) is 12.5. The second-order valence-corrected chi connectivity index (χ2v) is 5.27. The third-order valence-electron chi connectivity index (χ3n) is 3.25. The molecule has 112 valence electrons. The SMILES string of the molecule is N#C/C(=C/c1ccc(O)cc1)c1nc2cc(Cl)ccc2c(=O)[nH]1. The molecule has 0 radical (unpaired) electrons. The van der Waals surface area contributed by atoms with Gasteiger partial charge in [-0.25, -0.2) is 4.98 Å². The predicted octanol–water partition coefficient (Wildman–Crippen LogP) is 3.35. The second kappa shape index (κ2) is 5.95. The van der Waals surface area contributed by atoms with Crippen LogP contribution in [0.2, 0.25) is 5.02 Å². The molecule has 5 nitrogen and oxygen atoms in total. The van der Waals surface area contributed by atoms with Crippen LogP contribution in [-0.4, -0.2) is 15.1 Å². The number of allylic oxidation sites excluding steroid dienone is 1. The molecular weight excluding hydrogens is 314 g/mol. The molecular formula is C17H10ClN3O2. The van der Waals surface area contributed by atoms with Gasteiger partial charge in [-0.05, 0) is 42.0 Å². The lowest BCUT2D eigenvalue weighted by atomic mass is 10.1. The molecule has 0 amide bonds. The topological polar surface area (TPSA) is 89.8 Å². The van der Waals surface area contributed by atoms with Gasteiger partial charge in [-0.2, -0.15) is 5.26 Å². The van der Waals surface area contributed by atoms with E-state index < -0.39 is 0 Å². The summed E-state index contributed by atoms with van der Waals surface area (Å²) in [6.07, 6.45) is 1.58. The van der Waals surface area contributed by atoms with Gasteiger partial charge in [0.15, 0.2) is 5.82 Å². The van der Waals surface area contributed by atoms with Crippen molar-refractivity contribution < 1.29 is 5.11 Å². The number of H-pyrrole nitrogens is 1. The van der Waals surface area contributed by atoms with E-state index in [0.29, 0.717) is 21.5 Å². The van der Waals surface area contributed by atoms with Crippen LogP contribution in [0.5, 0.6) is 5.75 Å². The Morgan fingerprint density at radius 2 is 2.00 bits per heavy atom. The van der Waals surface area contributed by atoms with Crippen molar-refractivity contribution in [2.45, 2.75) is 0 Å². The van der Waals surface area contributed by atoms with E-state index in [1.54, 1.807) is 36.4 Å². The fourth-order valence-corrected chi connectivity index (χ4v) is 2.30. The van der Waals surface area contributed by atoms with Crippen LogP contribution in [0.25, 0.3) is 22.6 Å². The lowest BCUT2D eigenvalue weighted by molar-refractivity contribution is 0.475. The molecule has 0 aliphatic rings. The molecule has 0 atom stereocenters. The molecule has 23 heavy (non-hydrogen) atoms. The molecule has 2 aromatic carbocycles. The molecule has 3 rings (SSSR count). The molecule has 1 heterocycles. The summed E-state index contributed by atoms with van der Waals surface area (Å²) in [6.45, 7) is 0. The van der Waals surface area contributed by atoms with E-state index in [9.17, 15) is 15.2 Å². The van der Waals surface area contributed by atoms with Crippen molar-refractivity contribution in [1.29, 1.82) is 5.26 Å². The highest BCUT2D eigenvalue weighted by molar-refractivity contribution is 6.31. The van der Waals surface area contributed by atoms with Crippen LogP contribution in [0.1, 0.15) is 11.4 Å². The highest BCUT2D eigenvalue weighted by Crippen LogP contribution is 2.19. The van der Waals surface area contributed by atoms with Crippen molar-refractivity contribution in [3.63, 3.8) is 0 Å². The van der Waals surface area contributed by atoms with Gasteiger partial charge in [0.1, 0.15) is 11.8 Å². The summed E-state index contributed by atoms with van der Waals surface area (Å²) in [6, 6.07) is 13.1. The highest BCUT2D eigenvalue weighted by atomic mass is 35.5. The van der Waals surface area contributed by atoms with Crippen LogP contribution in [0.3, 0.4) is 0 Å². The fourth-order valence-electron chi connectivity index (χ4n) is 2.13. The van der Waals surface area contributed by atoms with Crippen molar-refractivity contribution >= 4 is 34.2 Å². The van der Waals surface area contributed by atoms with Gasteiger partial charge in [-0.3, -0.25) is 4.79 Å². The number of nitrogens with one attached hydrogen (secondary N) is 1. The molecule has 1 aromatic heterocycles. The average molecular weight is 324 g/mol. The first-order valence-electron chi connectivity index (χ1n) is 6.67. The maximum atomic E-state index is 12.1. The molecule has 0 saturated heterocycles. The Labute approximate surface area is 136 Å². The molecule has 0 saturated carbocycles. The number of phenols is 1. The Morgan fingerprint density at radius 1 is 1.26 bits per heavy atom. The Hall–Kier alpha value is -3.10. The number of fused-ring (bicyclic) bond motifs is 1. The lowest BCUT2D eigenvalue weighted by Gasteiger charge is -2.03. The number of rotatable bonds is 2. The van der Waals surface area contributed by atoms with Gasteiger partial charge in [0.2, 0.25) is 0 Å². The Morgan fingerprint density at radius 3 is 2.70 bits per heavy atom. The van der Waals surface area contributed by atoms with E-state index in [1.165, 1.54) is 12.1 Å². The number of aromatic hydroxyl groups is 1. The van der Waals surface area contributed by atoms with Crippen molar-refractivity contribution in [1.82, 2.24) is 9.97 Å². The van der Waals surface area contributed by atoms with Gasteiger partial charge < -0.3 is 10.1 Å². The summed E-state index contributed by atoms with van der Waals surface area (Å²) in [5.74, 6) is 0.299. The Kier molecular flexibility index (Phi) is 3.83. The molecule has 0 aliphatic carbocycles. The third-order valence-corrected chi connectivity index (χ3v) is 3.48. The van der Waals surface area contributed by atoms with E-state index >= 15 is 0 Å². The highest BCUT2D eigenvalue weighted by Gasteiger charge is 2.09. The first-order valence-corrected chi connectivity index (χ1v) is 7.05. The number of halogens is 1. The Bertz CT molecular complexity index is 1010. The smallest absolute Gasteiger partial charge is 0.259 e. The summed E-state index contributed by atoms with van der Waals surface area (Å²) >= 11 is 5.93. The number of aromatic nitrogens is 2. The van der Waals surface area contributed by atoms with Gasteiger partial charge in [-0.15, -0.1) is 0 Å². The molecule has 0 aliphatic heterocycles. The second-order valence-electron chi connectivity index (χ2n) is 4.84. The minimum Gasteiger partial charge on any atom is -0.508 e. The maximum absolute atomic E-state index is 12.1. The predicted molar refractivity (Wildman–Crippen MR) is 89.0 cm³/mol. The van der Waals surface area contributed by atoms with Gasteiger partial charge in [-0.1, -0.05) is 23.7 Å². The number of nitriles is 1. The first-order chi connectivity index (χ1) is 11.1. The normalized spacial score (nSPS) is 11.4. The van der Waals surface area contributed by atoms with Crippen molar-refractivity contribution in [3.8, 4) is 11.8 Å². The fraction of sp³-hybridized carbons (Fsp3) is 0. The number of benzene rings is 2. The van der Waals surface area contributed by atoms with Crippen molar-refractivity contribution in [2.24, 2.45) is 0 Å². The molecule has 0 unspecified atom stereocenters. The maximum Gasteiger partial charge on any atom is 0.259 e. The molecule has 0 bridgehead atoms. The summed E-state index contributed by atoms with van der Waals surface area (Å²) in [7, 11) is 0. The summed E-state index contributed by atoms with van der Waals surface area (Å²) in [5, 5.41) is 19.5. The van der Waals surface area contributed by atoms with Gasteiger partial charge in [0.25, 0.3) is 5.56 Å². The van der Waals surface area contributed by atoms with Crippen LogP contribution in [0.4, 0.5) is 0 Å². The van der Waals surface area contributed by atoms with Gasteiger partial charge in [0.05, 0.1) is 16.5 Å². The average Bonchev–Trinajstić information content (AvgIpc) is 2.53. The van der Waals surface area contributed by atoms with Crippen LogP contribution in [0.15, 0.2) is 47.3 Å². The molecule has 0 spiro atoms. The van der Waals surface area contributed by atoms with Crippen LogP contribution in [-0.2, 0) is 0 Å². The third kappa shape index (κ3) is 3.07. The van der Waals surface area contributed by atoms with Gasteiger partial charge in [0, 0.05) is 5.02 Å². The monoisotopic (exact) mass is 323 g/mol. The quantitative estimate of drug-likeness (QED) is 0.708. The van der Waals surface area contributed by atoms with Crippen molar-refractivity contribution in [2.75, 3.05) is 0 Å². The zero-order valence-electron chi connectivity index (χ0n) is 11.7. The van der Waals surface area contributed by atoms with Crippen LogP contribution < -0.4 is 5.56 Å². The largest absolute Gasteiger partial charge is 0.508 e. The minimum atomic E-state index is -0.339. The molecule has 6 heteroatoms. The van der Waals surface area contributed by atoms with Crippen molar-refractivity contribution in [3.05, 3.63) is 69.2 Å². The Balaban J connectivity index is 2.15. The van der Waals surface area contributed by atoms with E-state index in [2.05, 4.69) is 9.97 Å². The zero-order chi connectivity index (χ0) is 16.4. The standard InChI is InChI=1S/C17H10ClN3O2/c18-12-3-6-14-15(8-12)20-16(21-17(14)23)11(9-19)7-10-1-4-13(22)5-2-10/h1-8,22H,(H,20,21,23)/b11-7-. The first kappa shape index (κ1) is 14.8. The molecule has 2 N–H and O–H groups in total. The minimum absolute atomic E-state index is 0.132. The number of hydrogen-bond acceptors (Lipinski definition) is 4. The van der Waals surface area contributed by atoms with Gasteiger partial charge >= 0.3 is 0 Å². The number of phenolic OH excluding ortho intramolecular Hbond substituents is 1. The summed E-state index contributed by atoms with van der Waals surface area (Å²) in [4.78, 5) is 19.0. The van der Waals surface area contributed by atoms with E-state index in [4.69, 9.17) is 11.6 Å². The molecule has 3 aromatic rings. The molecule has 0 fully saturated rings. The lowest BCUT2D eigenvalue weighted by Crippen LogP contribution is -2.11. The number of hydrogen-bond donors (Lipinski definition) is 2. The van der Waals surface area contributed by atoms with Crippen LogP contribution in [0, 0.1) is 11.3 Å². The summed E-state index contributed by atoms with van der Waals surface area (Å²) < 4.78 is 0. The van der Waals surface area contributed by atoms with Crippen LogP contribution >= 0.6 is 11.6 Å². The van der Waals surface area contributed by atoms with E-state index in [1.807, 2.05) is 6.07 Å². The summed E-state index contributed by atoms with van der Waals surface area (Å²) in [5.41, 5.74) is 0.986.